The molecule has 2 saturated heterocycles. The quantitative estimate of drug-likeness (QED) is 0.753. The lowest BCUT2D eigenvalue weighted by Gasteiger charge is -2.38. The molecule has 4 rings (SSSR count). The van der Waals surface area contributed by atoms with Gasteiger partial charge in [-0.2, -0.15) is 0 Å². The third-order valence-electron chi connectivity index (χ3n) is 5.84. The molecule has 0 aromatic heterocycles. The maximum absolute atomic E-state index is 12.8. The van der Waals surface area contributed by atoms with Crippen molar-refractivity contribution in [3.05, 3.63) is 65.2 Å². The molecule has 158 valence electrons. The average Bonchev–Trinajstić information content (AvgIpc) is 2.80. The highest BCUT2D eigenvalue weighted by Gasteiger charge is 2.26. The Hall–Kier alpha value is -2.57. The molecular formula is C23H27ClN4O2. The minimum Gasteiger partial charge on any atom is -0.368 e. The summed E-state index contributed by atoms with van der Waals surface area (Å²) in [5, 5.41) is 0.732. The maximum Gasteiger partial charge on any atom is 0.253 e. The molecule has 0 bridgehead atoms. The van der Waals surface area contributed by atoms with Gasteiger partial charge in [0.2, 0.25) is 5.91 Å². The smallest absolute Gasteiger partial charge is 0.253 e. The van der Waals surface area contributed by atoms with Crippen molar-refractivity contribution >= 4 is 29.1 Å². The van der Waals surface area contributed by atoms with E-state index >= 15 is 0 Å². The second kappa shape index (κ2) is 9.49. The summed E-state index contributed by atoms with van der Waals surface area (Å²) >= 11 is 6.09. The Morgan fingerprint density at radius 1 is 0.767 bits per heavy atom. The molecule has 0 unspecified atom stereocenters. The van der Waals surface area contributed by atoms with Gasteiger partial charge in [0.25, 0.3) is 5.91 Å². The average molecular weight is 427 g/mol. The van der Waals surface area contributed by atoms with Crippen LogP contribution in [0.25, 0.3) is 0 Å². The predicted molar refractivity (Wildman–Crippen MR) is 119 cm³/mol. The molecule has 0 atom stereocenters. The van der Waals surface area contributed by atoms with E-state index in [9.17, 15) is 9.59 Å². The molecule has 2 aliphatic rings. The van der Waals surface area contributed by atoms with E-state index in [0.29, 0.717) is 19.6 Å². The predicted octanol–water partition coefficient (Wildman–Crippen LogP) is 2.45. The minimum absolute atomic E-state index is 0.0683. The van der Waals surface area contributed by atoms with Crippen molar-refractivity contribution in [2.24, 2.45) is 0 Å². The monoisotopic (exact) mass is 426 g/mol. The van der Waals surface area contributed by atoms with Crippen molar-refractivity contribution in [1.82, 2.24) is 14.7 Å². The molecule has 2 aliphatic heterocycles. The number of amides is 2. The molecule has 0 spiro atoms. The summed E-state index contributed by atoms with van der Waals surface area (Å²) in [5.74, 6) is 0.238. The highest BCUT2D eigenvalue weighted by molar-refractivity contribution is 6.30. The third kappa shape index (κ3) is 4.94. The van der Waals surface area contributed by atoms with E-state index in [4.69, 9.17) is 11.6 Å². The second-order valence-corrected chi connectivity index (χ2v) is 8.22. The van der Waals surface area contributed by atoms with E-state index in [1.54, 1.807) is 0 Å². The Morgan fingerprint density at radius 3 is 2.10 bits per heavy atom. The Labute approximate surface area is 182 Å². The van der Waals surface area contributed by atoms with Gasteiger partial charge in [-0.05, 0) is 30.3 Å². The van der Waals surface area contributed by atoms with Crippen LogP contribution in [0.2, 0.25) is 5.02 Å². The summed E-state index contributed by atoms with van der Waals surface area (Å²) in [5.41, 5.74) is 1.83. The molecule has 2 aromatic rings. The molecule has 2 fully saturated rings. The topological polar surface area (TPSA) is 47.1 Å². The van der Waals surface area contributed by atoms with Crippen LogP contribution < -0.4 is 4.90 Å². The number of benzene rings is 2. The van der Waals surface area contributed by atoms with Gasteiger partial charge in [0.15, 0.2) is 0 Å². The number of hydrogen-bond donors (Lipinski definition) is 0. The molecule has 0 N–H and O–H groups in total. The van der Waals surface area contributed by atoms with Gasteiger partial charge in [0.05, 0.1) is 6.54 Å². The Balaban J connectivity index is 1.22. The van der Waals surface area contributed by atoms with E-state index in [1.807, 2.05) is 58.3 Å². The highest BCUT2D eigenvalue weighted by Crippen LogP contribution is 2.21. The summed E-state index contributed by atoms with van der Waals surface area (Å²) in [6, 6.07) is 17.2. The van der Waals surface area contributed by atoms with E-state index in [-0.39, 0.29) is 11.8 Å². The fourth-order valence-electron chi connectivity index (χ4n) is 4.05. The van der Waals surface area contributed by atoms with Crippen molar-refractivity contribution in [3.63, 3.8) is 0 Å². The molecule has 0 radical (unpaired) electrons. The van der Waals surface area contributed by atoms with Gasteiger partial charge < -0.3 is 14.7 Å². The molecular weight excluding hydrogens is 400 g/mol. The number of nitrogens with zero attached hydrogens (tertiary/aromatic N) is 4. The van der Waals surface area contributed by atoms with Crippen molar-refractivity contribution in [2.75, 3.05) is 63.8 Å². The highest BCUT2D eigenvalue weighted by atomic mass is 35.5. The van der Waals surface area contributed by atoms with Gasteiger partial charge in [0.1, 0.15) is 0 Å². The summed E-state index contributed by atoms with van der Waals surface area (Å²) in [6.07, 6.45) is 0. The first-order valence-electron chi connectivity index (χ1n) is 10.4. The molecule has 7 heteroatoms. The molecule has 2 aromatic carbocycles. The Morgan fingerprint density at radius 2 is 1.43 bits per heavy atom. The molecule has 2 amide bonds. The molecule has 0 aliphatic carbocycles. The summed E-state index contributed by atoms with van der Waals surface area (Å²) in [7, 11) is 0. The van der Waals surface area contributed by atoms with Crippen molar-refractivity contribution < 1.29 is 9.59 Å². The van der Waals surface area contributed by atoms with Gasteiger partial charge in [-0.15, -0.1) is 0 Å². The van der Waals surface area contributed by atoms with Crippen LogP contribution in [-0.4, -0.2) is 85.4 Å². The lowest BCUT2D eigenvalue weighted by Crippen LogP contribution is -2.54. The standard InChI is InChI=1S/C23H27ClN4O2/c24-20-7-4-8-21(17-20)26-13-15-27(16-14-26)22(29)18-25-9-11-28(12-10-25)23(30)19-5-2-1-3-6-19/h1-8,17H,9-16,18H2. The second-order valence-electron chi connectivity index (χ2n) is 7.78. The zero-order valence-electron chi connectivity index (χ0n) is 17.0. The summed E-state index contributed by atoms with van der Waals surface area (Å²) in [6.45, 7) is 6.25. The minimum atomic E-state index is 0.0683. The summed E-state index contributed by atoms with van der Waals surface area (Å²) < 4.78 is 0. The van der Waals surface area contributed by atoms with Crippen molar-refractivity contribution in [2.45, 2.75) is 0 Å². The van der Waals surface area contributed by atoms with Crippen LogP contribution in [0.3, 0.4) is 0 Å². The lowest BCUT2D eigenvalue weighted by molar-refractivity contribution is -0.133. The first-order valence-corrected chi connectivity index (χ1v) is 10.8. The van der Waals surface area contributed by atoms with Gasteiger partial charge >= 0.3 is 0 Å². The van der Waals surface area contributed by atoms with E-state index < -0.39 is 0 Å². The fourth-order valence-corrected chi connectivity index (χ4v) is 4.24. The normalized spacial score (nSPS) is 17.8. The van der Waals surface area contributed by atoms with Crippen molar-refractivity contribution in [1.29, 1.82) is 0 Å². The zero-order valence-corrected chi connectivity index (χ0v) is 17.8. The number of carbonyl (C=O) groups excluding carboxylic acids is 2. The van der Waals surface area contributed by atoms with Gasteiger partial charge in [0, 0.05) is 68.6 Å². The number of halogens is 1. The first-order chi connectivity index (χ1) is 14.6. The molecule has 6 nitrogen and oxygen atoms in total. The SMILES string of the molecule is O=C(CN1CCN(C(=O)c2ccccc2)CC1)N1CCN(c2cccc(Cl)c2)CC1. The largest absolute Gasteiger partial charge is 0.368 e. The fraction of sp³-hybridized carbons (Fsp3) is 0.391. The van der Waals surface area contributed by atoms with Gasteiger partial charge in [-0.25, -0.2) is 0 Å². The first kappa shape index (κ1) is 20.7. The number of hydrogen-bond acceptors (Lipinski definition) is 4. The number of piperazine rings is 2. The summed E-state index contributed by atoms with van der Waals surface area (Å²) in [4.78, 5) is 33.6. The van der Waals surface area contributed by atoms with Crippen LogP contribution in [-0.2, 0) is 4.79 Å². The van der Waals surface area contributed by atoms with Crippen LogP contribution in [0.1, 0.15) is 10.4 Å². The Bertz CT molecular complexity index is 876. The Kier molecular flexibility index (Phi) is 6.55. The van der Waals surface area contributed by atoms with Gasteiger partial charge in [-0.1, -0.05) is 35.9 Å². The van der Waals surface area contributed by atoms with Crippen LogP contribution in [0.5, 0.6) is 0 Å². The lowest BCUT2D eigenvalue weighted by atomic mass is 10.2. The van der Waals surface area contributed by atoms with Crippen LogP contribution >= 0.6 is 11.6 Å². The van der Waals surface area contributed by atoms with E-state index in [1.165, 1.54) is 0 Å². The number of rotatable bonds is 4. The third-order valence-corrected chi connectivity index (χ3v) is 6.08. The maximum atomic E-state index is 12.8. The van der Waals surface area contributed by atoms with Crippen LogP contribution in [0.4, 0.5) is 5.69 Å². The molecule has 2 heterocycles. The molecule has 30 heavy (non-hydrogen) atoms. The number of anilines is 1. The van der Waals surface area contributed by atoms with Crippen LogP contribution in [0.15, 0.2) is 54.6 Å². The van der Waals surface area contributed by atoms with Crippen LogP contribution in [0, 0.1) is 0 Å². The van der Waals surface area contributed by atoms with E-state index in [0.717, 1.165) is 55.5 Å². The van der Waals surface area contributed by atoms with Crippen molar-refractivity contribution in [3.8, 4) is 0 Å². The van der Waals surface area contributed by atoms with Gasteiger partial charge in [-0.3, -0.25) is 14.5 Å². The molecule has 0 saturated carbocycles. The zero-order chi connectivity index (χ0) is 20.9. The van der Waals surface area contributed by atoms with E-state index in [2.05, 4.69) is 15.9 Å². The number of carbonyl (C=O) groups is 2.